The van der Waals surface area contributed by atoms with Crippen molar-refractivity contribution < 1.29 is 128 Å². The van der Waals surface area contributed by atoms with Crippen LogP contribution < -0.4 is 58.7 Å². The normalized spacial score (nSPS) is 10.3. The van der Waals surface area contributed by atoms with Gasteiger partial charge in [0.2, 0.25) is 0 Å². The molecule has 0 fully saturated rings. The van der Waals surface area contributed by atoms with Crippen molar-refractivity contribution in [2.75, 3.05) is 0 Å². The van der Waals surface area contributed by atoms with E-state index < -0.39 is 31.3 Å². The molecule has 3 radical (unpaired) electrons. The van der Waals surface area contributed by atoms with Gasteiger partial charge in [-0.05, 0) is 0 Å². The van der Waals surface area contributed by atoms with Crippen LogP contribution in [0.3, 0.4) is 0 Å². The van der Waals surface area contributed by atoms with E-state index in [0.717, 1.165) is 0 Å². The van der Waals surface area contributed by atoms with Crippen LogP contribution in [0.25, 0.3) is 0 Å². The van der Waals surface area contributed by atoms with Crippen molar-refractivity contribution in [2.24, 2.45) is 0 Å². The van der Waals surface area contributed by atoms with Crippen LogP contribution in [0.2, 0.25) is 0 Å². The summed E-state index contributed by atoms with van der Waals surface area (Å²) in [5.41, 5.74) is 0. The molecule has 0 saturated carbocycles. The van der Waals surface area contributed by atoms with Crippen LogP contribution in [0.1, 0.15) is 0 Å². The van der Waals surface area contributed by atoms with Gasteiger partial charge in [0.1, 0.15) is 0 Å². The third kappa shape index (κ3) is 2910. The second-order valence-corrected chi connectivity index (χ2v) is 5.37. The van der Waals surface area contributed by atoms with Crippen LogP contribution in [-0.2, 0) is 69.5 Å². The van der Waals surface area contributed by atoms with Crippen molar-refractivity contribution in [1.29, 1.82) is 0 Å². The van der Waals surface area contributed by atoms with Gasteiger partial charge in [0.05, 0.1) is 0 Å². The van der Waals surface area contributed by atoms with Crippen LogP contribution in [0.5, 0.6) is 0 Å². The van der Waals surface area contributed by atoms with E-state index >= 15 is 0 Å². The summed E-state index contributed by atoms with van der Waals surface area (Å²) < 4.78 is 34.2. The first kappa shape index (κ1) is 44.4. The van der Waals surface area contributed by atoms with Crippen LogP contribution in [-0.4, -0.2) is 0 Å². The van der Waals surface area contributed by atoms with Crippen LogP contribution in [0.15, 0.2) is 0 Å². The Morgan fingerprint density at radius 2 is 0.304 bits per heavy atom. The van der Waals surface area contributed by atoms with E-state index in [4.69, 9.17) is 77.0 Å². The molecule has 23 heteroatoms. The standard InChI is InChI=1S/3Mn.4H3O4P/c;;;4*1-5(2,3)4/h;;;4*(H3,1,2,3,4)/q3*+4;;;;/p-12. The average Bonchev–Trinajstić information content (AvgIpc) is 1.62. The molecule has 0 atom stereocenters. The molecule has 0 amide bonds. The van der Waals surface area contributed by atoms with Gasteiger partial charge in [-0.25, -0.2) is 0 Å². The monoisotopic (exact) mass is 545 g/mol. The molecular weight excluding hydrogens is 545 g/mol. The molecule has 0 aliphatic rings. The predicted octanol–water partition coefficient (Wildman–Crippen LogP) is -11.3. The van der Waals surface area contributed by atoms with E-state index in [1.54, 1.807) is 0 Å². The molecule has 0 aromatic rings. The molecule has 16 nitrogen and oxygen atoms in total. The van der Waals surface area contributed by atoms with E-state index in [1.807, 2.05) is 0 Å². The number of rotatable bonds is 0. The number of hydrogen-bond donors (Lipinski definition) is 0. The molecule has 0 N–H and O–H groups in total. The summed E-state index contributed by atoms with van der Waals surface area (Å²) in [6.45, 7) is 0. The van der Waals surface area contributed by atoms with Gasteiger partial charge < -0.3 is 77.0 Å². The summed E-state index contributed by atoms with van der Waals surface area (Å²) in [5, 5.41) is 0. The molecule has 0 aliphatic heterocycles. The van der Waals surface area contributed by atoms with Crippen LogP contribution >= 0.6 is 31.3 Å². The zero-order valence-corrected chi connectivity index (χ0v) is 16.6. The summed E-state index contributed by atoms with van der Waals surface area (Å²) in [6.07, 6.45) is 0. The molecule has 0 rings (SSSR count). The van der Waals surface area contributed by atoms with Crippen molar-refractivity contribution >= 4 is 31.3 Å². The molecule has 0 heterocycles. The Morgan fingerprint density at radius 1 is 0.304 bits per heavy atom. The Balaban J connectivity index is -0.0000000284. The van der Waals surface area contributed by atoms with Gasteiger partial charge in [0.25, 0.3) is 0 Å². The summed E-state index contributed by atoms with van der Waals surface area (Å²) in [7, 11) is -21.6. The zero-order valence-electron chi connectivity index (χ0n) is 9.45. The average molecular weight is 545 g/mol. The summed E-state index contributed by atoms with van der Waals surface area (Å²) >= 11 is 0. The maximum Gasteiger partial charge on any atom is 4.00 e. The maximum atomic E-state index is 8.55. The minimum absolute atomic E-state index is 0. The van der Waals surface area contributed by atoms with Gasteiger partial charge in [-0.3, -0.25) is 0 Å². The summed E-state index contributed by atoms with van der Waals surface area (Å²) in [4.78, 5) is 103. The van der Waals surface area contributed by atoms with E-state index in [2.05, 4.69) is 0 Å². The second-order valence-electron chi connectivity index (χ2n) is 1.79. The van der Waals surface area contributed by atoms with Crippen LogP contribution in [0, 0.1) is 0 Å². The molecule has 0 bridgehead atoms. The molecular formula is Mn3O16P4. The molecule has 0 unspecified atom stereocenters. The summed E-state index contributed by atoms with van der Waals surface area (Å²) in [5.74, 6) is 0. The van der Waals surface area contributed by atoms with Gasteiger partial charge >= 0.3 is 51.2 Å². The Morgan fingerprint density at radius 3 is 0.304 bits per heavy atom. The fourth-order valence-corrected chi connectivity index (χ4v) is 0. The van der Waals surface area contributed by atoms with Crippen molar-refractivity contribution in [2.45, 2.75) is 0 Å². The fraction of sp³-hybridized carbons (Fsp3) is 0. The Kier molecular flexibility index (Phi) is 36.3. The van der Waals surface area contributed by atoms with E-state index in [9.17, 15) is 0 Å². The molecule has 137 valence electrons. The third-order valence-corrected chi connectivity index (χ3v) is 0. The van der Waals surface area contributed by atoms with Crippen molar-refractivity contribution in [3.8, 4) is 0 Å². The van der Waals surface area contributed by atoms with E-state index in [0.29, 0.717) is 0 Å². The van der Waals surface area contributed by atoms with Crippen molar-refractivity contribution in [3.05, 3.63) is 0 Å². The Labute approximate surface area is 159 Å². The Hall–Kier alpha value is 2.00. The van der Waals surface area contributed by atoms with E-state index in [1.165, 1.54) is 0 Å². The molecule has 0 aliphatic carbocycles. The molecule has 0 aromatic heterocycles. The van der Waals surface area contributed by atoms with Gasteiger partial charge in [0.15, 0.2) is 0 Å². The smallest absolute Gasteiger partial charge is 0.822 e. The Bertz CT molecular complexity index is 292. The molecule has 23 heavy (non-hydrogen) atoms. The van der Waals surface area contributed by atoms with Gasteiger partial charge in [0, 0.05) is 0 Å². The molecule has 0 aromatic carbocycles. The quantitative estimate of drug-likeness (QED) is 0.201. The van der Waals surface area contributed by atoms with Crippen LogP contribution in [0.4, 0.5) is 0 Å². The van der Waals surface area contributed by atoms with Crippen molar-refractivity contribution in [1.82, 2.24) is 0 Å². The van der Waals surface area contributed by atoms with Gasteiger partial charge in [-0.15, -0.1) is 0 Å². The zero-order chi connectivity index (χ0) is 18.0. The second kappa shape index (κ2) is 18.8. The minimum atomic E-state index is -5.39. The predicted molar refractivity (Wildman–Crippen MR) is 30.4 cm³/mol. The molecule has 0 spiro atoms. The maximum absolute atomic E-state index is 8.55. The topological polar surface area (TPSA) is 345 Å². The van der Waals surface area contributed by atoms with Crippen molar-refractivity contribution in [3.63, 3.8) is 0 Å². The van der Waals surface area contributed by atoms with Gasteiger partial charge in [-0.1, -0.05) is 0 Å². The first-order valence-corrected chi connectivity index (χ1v) is 8.76. The largest absolute Gasteiger partial charge is 4.00 e. The first-order valence-electron chi connectivity index (χ1n) is 2.92. The van der Waals surface area contributed by atoms with Gasteiger partial charge in [-0.2, -0.15) is 31.3 Å². The number of hydrogen-bond acceptors (Lipinski definition) is 16. The minimum Gasteiger partial charge on any atom is -0.822 e. The van der Waals surface area contributed by atoms with E-state index in [-0.39, 0.29) is 51.2 Å². The third-order valence-electron chi connectivity index (χ3n) is 0. The first-order chi connectivity index (χ1) is 8.00. The SMILES string of the molecule is O=P([O-])([O-])[O-].O=P([O-])([O-])[O-].O=P([O-])([O-])[O-].O=P([O-])([O-])[O-].[Mn+4].[Mn+4].[Mn+4]. The molecule has 0 saturated heterocycles. The fourth-order valence-electron chi connectivity index (χ4n) is 0. The number of phosphoric acid groups is 4. The summed E-state index contributed by atoms with van der Waals surface area (Å²) in [6, 6.07) is 0.